The number of para-hydroxylation sites is 1. The van der Waals surface area contributed by atoms with E-state index in [1.54, 1.807) is 18.2 Å². The summed E-state index contributed by atoms with van der Waals surface area (Å²) in [6.07, 6.45) is 1.49. The number of hydrogen-bond acceptors (Lipinski definition) is 4. The SMILES string of the molecule is CCOc1cccc(/C=N/NC(=S)NC(C)C)c1O. The van der Waals surface area contributed by atoms with E-state index in [0.29, 0.717) is 23.0 Å². The van der Waals surface area contributed by atoms with Crippen LogP contribution in [0, 0.1) is 0 Å². The smallest absolute Gasteiger partial charge is 0.187 e. The lowest BCUT2D eigenvalue weighted by Gasteiger charge is -2.10. The van der Waals surface area contributed by atoms with Crippen molar-refractivity contribution in [1.29, 1.82) is 0 Å². The number of thiocarbonyl (C=S) groups is 1. The van der Waals surface area contributed by atoms with Crippen molar-refractivity contribution in [1.82, 2.24) is 10.7 Å². The van der Waals surface area contributed by atoms with E-state index in [-0.39, 0.29) is 11.8 Å². The van der Waals surface area contributed by atoms with Gasteiger partial charge in [-0.25, -0.2) is 0 Å². The third-order valence-electron chi connectivity index (χ3n) is 2.12. The molecule has 1 aromatic carbocycles. The Kier molecular flexibility index (Phi) is 6.08. The predicted molar refractivity (Wildman–Crippen MR) is 80.9 cm³/mol. The number of aromatic hydroxyl groups is 1. The highest BCUT2D eigenvalue weighted by Gasteiger charge is 2.05. The van der Waals surface area contributed by atoms with Gasteiger partial charge in [0.25, 0.3) is 0 Å². The lowest BCUT2D eigenvalue weighted by Crippen LogP contribution is -2.36. The van der Waals surface area contributed by atoms with Crippen LogP contribution in [-0.2, 0) is 0 Å². The van der Waals surface area contributed by atoms with Gasteiger partial charge in [0.05, 0.1) is 12.8 Å². The summed E-state index contributed by atoms with van der Waals surface area (Å²) < 4.78 is 5.29. The van der Waals surface area contributed by atoms with E-state index in [0.717, 1.165) is 0 Å². The number of hydrogen-bond donors (Lipinski definition) is 3. The van der Waals surface area contributed by atoms with Gasteiger partial charge in [0.2, 0.25) is 0 Å². The lowest BCUT2D eigenvalue weighted by molar-refractivity contribution is 0.318. The summed E-state index contributed by atoms with van der Waals surface area (Å²) in [7, 11) is 0. The van der Waals surface area contributed by atoms with Crippen LogP contribution in [-0.4, -0.2) is 29.1 Å². The minimum atomic E-state index is 0.0673. The molecule has 3 N–H and O–H groups in total. The molecule has 6 heteroatoms. The summed E-state index contributed by atoms with van der Waals surface area (Å²) in [6.45, 7) is 6.32. The van der Waals surface area contributed by atoms with Gasteiger partial charge >= 0.3 is 0 Å². The highest BCUT2D eigenvalue weighted by molar-refractivity contribution is 7.80. The summed E-state index contributed by atoms with van der Waals surface area (Å²) in [5, 5.41) is 17.3. The molecule has 1 rings (SSSR count). The first-order valence-electron chi connectivity index (χ1n) is 6.09. The van der Waals surface area contributed by atoms with Gasteiger partial charge in [0, 0.05) is 11.6 Å². The number of nitrogens with zero attached hydrogens (tertiary/aromatic N) is 1. The van der Waals surface area contributed by atoms with Gasteiger partial charge in [0.15, 0.2) is 16.6 Å². The summed E-state index contributed by atoms with van der Waals surface area (Å²) in [6, 6.07) is 5.47. The molecule has 0 fully saturated rings. The maximum atomic E-state index is 9.94. The highest BCUT2D eigenvalue weighted by Crippen LogP contribution is 2.28. The molecule has 0 amide bonds. The van der Waals surface area contributed by atoms with Gasteiger partial charge in [-0.05, 0) is 45.1 Å². The molecule has 0 spiro atoms. The third-order valence-corrected chi connectivity index (χ3v) is 2.33. The number of ether oxygens (including phenoxy) is 1. The number of nitrogens with one attached hydrogen (secondary N) is 2. The molecule has 0 saturated carbocycles. The van der Waals surface area contributed by atoms with Crippen LogP contribution in [0.25, 0.3) is 0 Å². The molecule has 0 aliphatic rings. The van der Waals surface area contributed by atoms with Gasteiger partial charge < -0.3 is 15.2 Å². The van der Waals surface area contributed by atoms with E-state index in [9.17, 15) is 5.11 Å². The standard InChI is InChI=1S/C13H19N3O2S/c1-4-18-11-7-5-6-10(12(11)17)8-14-16-13(19)15-9(2)3/h5-9,17H,4H2,1-3H3,(H2,15,16,19)/b14-8+. The first-order valence-corrected chi connectivity index (χ1v) is 6.49. The van der Waals surface area contributed by atoms with E-state index in [4.69, 9.17) is 17.0 Å². The largest absolute Gasteiger partial charge is 0.504 e. The fourth-order valence-corrected chi connectivity index (χ4v) is 1.66. The van der Waals surface area contributed by atoms with Crippen LogP contribution >= 0.6 is 12.2 Å². The Hall–Kier alpha value is -1.82. The van der Waals surface area contributed by atoms with Crippen LogP contribution in [0.15, 0.2) is 23.3 Å². The van der Waals surface area contributed by atoms with Gasteiger partial charge in [0.1, 0.15) is 0 Å². The molecule has 0 saturated heterocycles. The molecule has 0 aliphatic carbocycles. The second kappa shape index (κ2) is 7.58. The van der Waals surface area contributed by atoms with Crippen molar-refractivity contribution in [2.45, 2.75) is 26.8 Å². The highest BCUT2D eigenvalue weighted by atomic mass is 32.1. The van der Waals surface area contributed by atoms with Crippen molar-refractivity contribution < 1.29 is 9.84 Å². The summed E-state index contributed by atoms with van der Waals surface area (Å²) in [5.74, 6) is 0.506. The summed E-state index contributed by atoms with van der Waals surface area (Å²) in [4.78, 5) is 0. The number of rotatable bonds is 5. The second-order valence-electron chi connectivity index (χ2n) is 4.13. The molecule has 0 atom stereocenters. The van der Waals surface area contributed by atoms with Crippen molar-refractivity contribution in [2.24, 2.45) is 5.10 Å². The average Bonchev–Trinajstić information content (AvgIpc) is 2.33. The fraction of sp³-hybridized carbons (Fsp3) is 0.385. The molecule has 5 nitrogen and oxygen atoms in total. The molecule has 19 heavy (non-hydrogen) atoms. The minimum Gasteiger partial charge on any atom is -0.504 e. The van der Waals surface area contributed by atoms with E-state index in [1.807, 2.05) is 20.8 Å². The molecular formula is C13H19N3O2S. The van der Waals surface area contributed by atoms with Crippen LogP contribution in [0.2, 0.25) is 0 Å². The predicted octanol–water partition coefficient (Wildman–Crippen LogP) is 2.00. The Labute approximate surface area is 118 Å². The van der Waals surface area contributed by atoms with E-state index in [1.165, 1.54) is 6.21 Å². The molecule has 104 valence electrons. The Bertz CT molecular complexity index is 461. The minimum absolute atomic E-state index is 0.0673. The first kappa shape index (κ1) is 15.2. The molecule has 0 aliphatic heterocycles. The maximum Gasteiger partial charge on any atom is 0.187 e. The fourth-order valence-electron chi connectivity index (χ4n) is 1.37. The van der Waals surface area contributed by atoms with Crippen LogP contribution in [0.5, 0.6) is 11.5 Å². The van der Waals surface area contributed by atoms with Crippen molar-refractivity contribution in [3.05, 3.63) is 23.8 Å². The van der Waals surface area contributed by atoms with E-state index >= 15 is 0 Å². The normalized spacial score (nSPS) is 10.7. The van der Waals surface area contributed by atoms with Gasteiger partial charge in [-0.15, -0.1) is 0 Å². The zero-order valence-corrected chi connectivity index (χ0v) is 12.1. The monoisotopic (exact) mass is 281 g/mol. The topological polar surface area (TPSA) is 65.9 Å². The second-order valence-corrected chi connectivity index (χ2v) is 4.53. The van der Waals surface area contributed by atoms with Gasteiger partial charge in [-0.3, -0.25) is 5.43 Å². The van der Waals surface area contributed by atoms with Crippen LogP contribution in [0.4, 0.5) is 0 Å². The van der Waals surface area contributed by atoms with E-state index < -0.39 is 0 Å². The molecule has 0 heterocycles. The molecule has 0 radical (unpaired) electrons. The lowest BCUT2D eigenvalue weighted by atomic mass is 10.2. The number of benzene rings is 1. The molecular weight excluding hydrogens is 262 g/mol. The van der Waals surface area contributed by atoms with Crippen molar-refractivity contribution >= 4 is 23.5 Å². The van der Waals surface area contributed by atoms with Crippen LogP contribution in [0.1, 0.15) is 26.3 Å². The Morgan fingerprint density at radius 1 is 1.53 bits per heavy atom. The van der Waals surface area contributed by atoms with Crippen LogP contribution in [0.3, 0.4) is 0 Å². The maximum absolute atomic E-state index is 9.94. The first-order chi connectivity index (χ1) is 9.04. The summed E-state index contributed by atoms with van der Waals surface area (Å²) >= 11 is 5.02. The van der Waals surface area contributed by atoms with Crippen molar-refractivity contribution in [3.63, 3.8) is 0 Å². The molecule has 1 aromatic rings. The quantitative estimate of drug-likeness (QED) is 0.437. The Morgan fingerprint density at radius 3 is 2.89 bits per heavy atom. The zero-order chi connectivity index (χ0) is 14.3. The number of phenols is 1. The number of phenolic OH excluding ortho intramolecular Hbond substituents is 1. The third kappa shape index (κ3) is 5.13. The Morgan fingerprint density at radius 2 is 2.26 bits per heavy atom. The molecule has 0 unspecified atom stereocenters. The van der Waals surface area contributed by atoms with Crippen LogP contribution < -0.4 is 15.5 Å². The average molecular weight is 281 g/mol. The van der Waals surface area contributed by atoms with Crippen molar-refractivity contribution in [2.75, 3.05) is 6.61 Å². The van der Waals surface area contributed by atoms with Gasteiger partial charge in [-0.1, -0.05) is 6.07 Å². The van der Waals surface area contributed by atoms with E-state index in [2.05, 4.69) is 15.8 Å². The molecule has 0 bridgehead atoms. The Balaban J connectivity index is 2.66. The van der Waals surface area contributed by atoms with Gasteiger partial charge in [-0.2, -0.15) is 5.10 Å². The zero-order valence-electron chi connectivity index (χ0n) is 11.3. The number of hydrazone groups is 1. The van der Waals surface area contributed by atoms with Crippen molar-refractivity contribution in [3.8, 4) is 11.5 Å². The summed E-state index contributed by atoms with van der Waals surface area (Å²) in [5.41, 5.74) is 3.24. The molecule has 0 aromatic heterocycles.